The van der Waals surface area contributed by atoms with Crippen molar-refractivity contribution >= 4 is 5.91 Å². The van der Waals surface area contributed by atoms with Gasteiger partial charge in [-0.05, 0) is 18.8 Å². The lowest BCUT2D eigenvalue weighted by Gasteiger charge is -2.24. The fraction of sp³-hybridized carbons (Fsp3) is 0.889. The lowest BCUT2D eigenvalue weighted by Crippen LogP contribution is -2.35. The van der Waals surface area contributed by atoms with E-state index in [0.29, 0.717) is 12.3 Å². The van der Waals surface area contributed by atoms with Gasteiger partial charge in [0.15, 0.2) is 0 Å². The summed E-state index contributed by atoms with van der Waals surface area (Å²) in [5.74, 6) is 0.531. The molecule has 0 aliphatic heterocycles. The Morgan fingerprint density at radius 3 is 2.69 bits per heavy atom. The number of hydrogen-bond acceptors (Lipinski definition) is 3. The molecule has 1 unspecified atom stereocenters. The summed E-state index contributed by atoms with van der Waals surface area (Å²) in [6, 6.07) is 0. The Balaban J connectivity index is 2.03. The summed E-state index contributed by atoms with van der Waals surface area (Å²) >= 11 is 0. The van der Waals surface area contributed by atoms with E-state index in [1.165, 1.54) is 6.42 Å². The van der Waals surface area contributed by atoms with E-state index < -0.39 is 6.10 Å². The molecule has 0 saturated heterocycles. The number of aliphatic hydroxyl groups excluding tert-OH is 2. The van der Waals surface area contributed by atoms with E-state index >= 15 is 0 Å². The van der Waals surface area contributed by atoms with Gasteiger partial charge in [0.05, 0.1) is 12.7 Å². The number of aliphatic hydroxyl groups is 2. The molecule has 1 aliphatic rings. The molecule has 76 valence electrons. The summed E-state index contributed by atoms with van der Waals surface area (Å²) in [6.07, 6.45) is 3.27. The van der Waals surface area contributed by atoms with Crippen LogP contribution in [-0.4, -0.2) is 35.4 Å². The monoisotopic (exact) mass is 187 g/mol. The maximum Gasteiger partial charge on any atom is 0.220 e. The summed E-state index contributed by atoms with van der Waals surface area (Å²) in [5.41, 5.74) is 0. The minimum absolute atomic E-state index is 0.0165. The van der Waals surface area contributed by atoms with E-state index in [9.17, 15) is 4.79 Å². The van der Waals surface area contributed by atoms with E-state index in [1.54, 1.807) is 0 Å². The second-order valence-corrected chi connectivity index (χ2v) is 3.64. The van der Waals surface area contributed by atoms with Gasteiger partial charge in [0.1, 0.15) is 0 Å². The maximum atomic E-state index is 11.2. The molecule has 0 spiro atoms. The molecule has 1 saturated carbocycles. The zero-order valence-electron chi connectivity index (χ0n) is 7.70. The van der Waals surface area contributed by atoms with Gasteiger partial charge in [-0.25, -0.2) is 0 Å². The van der Waals surface area contributed by atoms with Crippen LogP contribution in [0.1, 0.15) is 25.7 Å². The Morgan fingerprint density at radius 2 is 2.23 bits per heavy atom. The number of amides is 1. The summed E-state index contributed by atoms with van der Waals surface area (Å²) in [6.45, 7) is -0.147. The maximum absolute atomic E-state index is 11.2. The van der Waals surface area contributed by atoms with Crippen molar-refractivity contribution in [2.75, 3.05) is 13.2 Å². The van der Waals surface area contributed by atoms with Gasteiger partial charge in [-0.15, -0.1) is 0 Å². The van der Waals surface area contributed by atoms with Crippen LogP contribution in [0.4, 0.5) is 0 Å². The number of carbonyl (C=O) groups excluding carboxylic acids is 1. The highest BCUT2D eigenvalue weighted by Gasteiger charge is 2.20. The Bertz CT molecular complexity index is 168. The van der Waals surface area contributed by atoms with E-state index in [2.05, 4.69) is 5.32 Å². The SMILES string of the molecule is O=C(CC1CCC1)NCC(O)CO. The number of rotatable bonds is 5. The second kappa shape index (κ2) is 5.19. The van der Waals surface area contributed by atoms with Crippen molar-refractivity contribution in [3.05, 3.63) is 0 Å². The molecule has 4 nitrogen and oxygen atoms in total. The van der Waals surface area contributed by atoms with E-state index in [0.717, 1.165) is 12.8 Å². The molecule has 0 aromatic heterocycles. The molecule has 0 aromatic rings. The molecular weight excluding hydrogens is 170 g/mol. The van der Waals surface area contributed by atoms with Crippen LogP contribution >= 0.6 is 0 Å². The Kier molecular flexibility index (Phi) is 4.18. The molecule has 0 heterocycles. The fourth-order valence-electron chi connectivity index (χ4n) is 1.33. The van der Waals surface area contributed by atoms with Crippen LogP contribution in [0.3, 0.4) is 0 Å². The van der Waals surface area contributed by atoms with Crippen LogP contribution < -0.4 is 5.32 Å². The molecule has 0 aromatic carbocycles. The van der Waals surface area contributed by atoms with E-state index in [-0.39, 0.29) is 19.1 Å². The highest BCUT2D eigenvalue weighted by Crippen LogP contribution is 2.28. The van der Waals surface area contributed by atoms with Crippen molar-refractivity contribution in [2.24, 2.45) is 5.92 Å². The summed E-state index contributed by atoms with van der Waals surface area (Å²) in [7, 11) is 0. The van der Waals surface area contributed by atoms with Gasteiger partial charge in [-0.3, -0.25) is 4.79 Å². The molecular formula is C9H17NO3. The Morgan fingerprint density at radius 1 is 1.54 bits per heavy atom. The van der Waals surface area contributed by atoms with E-state index in [1.807, 2.05) is 0 Å². The smallest absolute Gasteiger partial charge is 0.220 e. The first-order valence-corrected chi connectivity index (χ1v) is 4.78. The highest BCUT2D eigenvalue weighted by molar-refractivity contribution is 5.76. The summed E-state index contributed by atoms with van der Waals surface area (Å²) < 4.78 is 0. The van der Waals surface area contributed by atoms with Gasteiger partial charge < -0.3 is 15.5 Å². The number of carbonyl (C=O) groups is 1. The average Bonchev–Trinajstić information content (AvgIpc) is 2.07. The van der Waals surface area contributed by atoms with Crippen molar-refractivity contribution in [1.82, 2.24) is 5.32 Å². The first-order valence-electron chi connectivity index (χ1n) is 4.78. The topological polar surface area (TPSA) is 69.6 Å². The zero-order valence-corrected chi connectivity index (χ0v) is 7.70. The third kappa shape index (κ3) is 3.74. The lowest BCUT2D eigenvalue weighted by molar-refractivity contribution is -0.123. The first-order chi connectivity index (χ1) is 6.22. The van der Waals surface area contributed by atoms with Crippen LogP contribution in [0.5, 0.6) is 0 Å². The molecule has 13 heavy (non-hydrogen) atoms. The third-order valence-corrected chi connectivity index (χ3v) is 2.44. The highest BCUT2D eigenvalue weighted by atomic mass is 16.3. The predicted octanol–water partition coefficient (Wildman–Crippen LogP) is -0.354. The molecule has 1 atom stereocenters. The van der Waals surface area contributed by atoms with E-state index in [4.69, 9.17) is 10.2 Å². The molecule has 0 radical (unpaired) electrons. The lowest BCUT2D eigenvalue weighted by atomic mass is 9.83. The van der Waals surface area contributed by atoms with Crippen molar-refractivity contribution in [2.45, 2.75) is 31.8 Å². The van der Waals surface area contributed by atoms with Gasteiger partial charge in [0, 0.05) is 13.0 Å². The van der Waals surface area contributed by atoms with Crippen molar-refractivity contribution < 1.29 is 15.0 Å². The van der Waals surface area contributed by atoms with Gasteiger partial charge in [-0.1, -0.05) is 6.42 Å². The normalized spacial score (nSPS) is 19.2. The molecule has 4 heteroatoms. The van der Waals surface area contributed by atoms with Crippen molar-refractivity contribution in [3.63, 3.8) is 0 Å². The Labute approximate surface area is 78.0 Å². The van der Waals surface area contributed by atoms with Gasteiger partial charge in [0.25, 0.3) is 0 Å². The minimum Gasteiger partial charge on any atom is -0.394 e. The average molecular weight is 187 g/mol. The standard InChI is InChI=1S/C9H17NO3/c11-6-8(12)5-10-9(13)4-7-2-1-3-7/h7-8,11-12H,1-6H2,(H,10,13). The summed E-state index contributed by atoms with van der Waals surface area (Å²) in [4.78, 5) is 11.2. The summed E-state index contributed by atoms with van der Waals surface area (Å²) in [5, 5.41) is 20.0. The molecule has 1 aliphatic carbocycles. The second-order valence-electron chi connectivity index (χ2n) is 3.64. The largest absolute Gasteiger partial charge is 0.394 e. The molecule has 3 N–H and O–H groups in total. The van der Waals surface area contributed by atoms with Crippen molar-refractivity contribution in [3.8, 4) is 0 Å². The predicted molar refractivity (Wildman–Crippen MR) is 48.1 cm³/mol. The van der Waals surface area contributed by atoms with Crippen molar-refractivity contribution in [1.29, 1.82) is 0 Å². The minimum atomic E-state index is -0.828. The molecule has 0 bridgehead atoms. The number of hydrogen-bond donors (Lipinski definition) is 3. The molecule has 1 fully saturated rings. The number of nitrogens with one attached hydrogen (secondary N) is 1. The fourth-order valence-corrected chi connectivity index (χ4v) is 1.33. The third-order valence-electron chi connectivity index (χ3n) is 2.44. The molecule has 1 amide bonds. The van der Waals surface area contributed by atoms with Crippen LogP contribution in [0.15, 0.2) is 0 Å². The van der Waals surface area contributed by atoms with Crippen LogP contribution in [0.2, 0.25) is 0 Å². The zero-order chi connectivity index (χ0) is 9.68. The van der Waals surface area contributed by atoms with Gasteiger partial charge >= 0.3 is 0 Å². The quantitative estimate of drug-likeness (QED) is 0.551. The van der Waals surface area contributed by atoms with Gasteiger partial charge in [0.2, 0.25) is 5.91 Å². The molecule has 1 rings (SSSR count). The Hall–Kier alpha value is -0.610. The van der Waals surface area contributed by atoms with Crippen LogP contribution in [0.25, 0.3) is 0 Å². The first kappa shape index (κ1) is 10.5. The van der Waals surface area contributed by atoms with Gasteiger partial charge in [-0.2, -0.15) is 0 Å². The van der Waals surface area contributed by atoms with Crippen LogP contribution in [0, 0.1) is 5.92 Å². The van der Waals surface area contributed by atoms with Crippen LogP contribution in [-0.2, 0) is 4.79 Å².